The van der Waals surface area contributed by atoms with Crippen LogP contribution < -0.4 is 0 Å². The number of aliphatic carboxylic acids is 1. The topological polar surface area (TPSA) is 37.3 Å². The van der Waals surface area contributed by atoms with Gasteiger partial charge in [0.05, 0.1) is 0 Å². The molecule has 1 aromatic rings. The van der Waals surface area contributed by atoms with Gasteiger partial charge < -0.3 is 5.11 Å². The van der Waals surface area contributed by atoms with Crippen molar-refractivity contribution in [2.24, 2.45) is 5.92 Å². The van der Waals surface area contributed by atoms with Gasteiger partial charge in [-0.1, -0.05) is 43.7 Å². The Kier molecular flexibility index (Phi) is 3.09. The summed E-state index contributed by atoms with van der Waals surface area (Å²) in [5.41, 5.74) is 3.24. The van der Waals surface area contributed by atoms with Gasteiger partial charge in [-0.2, -0.15) is 0 Å². The molecule has 0 spiro atoms. The van der Waals surface area contributed by atoms with Gasteiger partial charge in [0.15, 0.2) is 0 Å². The molecule has 0 bridgehead atoms. The highest BCUT2D eigenvalue weighted by Gasteiger charge is 2.42. The molecule has 0 amide bonds. The number of benzene rings is 1. The average molecular weight is 216 g/mol. The maximum absolute atomic E-state index is 11.1. The normalized spacial score (nSPS) is 18.7. The Morgan fingerprint density at radius 2 is 2.00 bits per heavy atom. The van der Waals surface area contributed by atoms with E-state index in [-0.39, 0.29) is 5.92 Å². The molecular weight excluding hydrogens is 200 g/mol. The van der Waals surface area contributed by atoms with Gasteiger partial charge in [-0.3, -0.25) is 4.79 Å². The molecule has 1 aliphatic carbocycles. The number of carbonyl (C=O) groups is 1. The van der Waals surface area contributed by atoms with Crippen molar-refractivity contribution in [2.75, 3.05) is 0 Å². The van der Waals surface area contributed by atoms with Gasteiger partial charge in [-0.25, -0.2) is 0 Å². The Morgan fingerprint density at radius 3 is 2.56 bits per heavy atom. The summed E-state index contributed by atoms with van der Waals surface area (Å²) in [6.45, 7) is 2.13. The molecule has 84 valence electrons. The van der Waals surface area contributed by atoms with Gasteiger partial charge in [0.25, 0.3) is 0 Å². The molecule has 0 radical (unpaired) electrons. The van der Waals surface area contributed by atoms with Crippen LogP contribution in [0, 0.1) is 5.92 Å². The van der Waals surface area contributed by atoms with Crippen LogP contribution in [-0.2, 0) is 4.79 Å². The van der Waals surface area contributed by atoms with Gasteiger partial charge in [0, 0.05) is 0 Å². The SMILES string of the molecule is CCCCC1=C(c2ccccc2)C1C(=O)O. The Morgan fingerprint density at radius 1 is 1.31 bits per heavy atom. The first-order valence-electron chi connectivity index (χ1n) is 5.77. The van der Waals surface area contributed by atoms with Crippen molar-refractivity contribution in [3.8, 4) is 0 Å². The zero-order chi connectivity index (χ0) is 11.5. The van der Waals surface area contributed by atoms with Crippen LogP contribution in [0.5, 0.6) is 0 Å². The molecule has 1 aliphatic rings. The largest absolute Gasteiger partial charge is 0.481 e. The molecule has 0 fully saturated rings. The number of rotatable bonds is 5. The molecule has 0 saturated heterocycles. The molecule has 0 aliphatic heterocycles. The van der Waals surface area contributed by atoms with E-state index in [2.05, 4.69) is 6.92 Å². The molecule has 1 unspecified atom stereocenters. The lowest BCUT2D eigenvalue weighted by Crippen LogP contribution is -2.01. The molecule has 1 atom stereocenters. The molecule has 16 heavy (non-hydrogen) atoms. The van der Waals surface area contributed by atoms with E-state index in [9.17, 15) is 4.79 Å². The molecule has 0 saturated carbocycles. The van der Waals surface area contributed by atoms with E-state index in [1.165, 1.54) is 0 Å². The smallest absolute Gasteiger partial charge is 0.315 e. The van der Waals surface area contributed by atoms with E-state index in [0.29, 0.717) is 0 Å². The van der Waals surface area contributed by atoms with Crippen LogP contribution in [-0.4, -0.2) is 11.1 Å². The zero-order valence-electron chi connectivity index (χ0n) is 9.44. The van der Waals surface area contributed by atoms with E-state index in [1.54, 1.807) is 0 Å². The highest BCUT2D eigenvalue weighted by molar-refractivity contribution is 6.03. The van der Waals surface area contributed by atoms with Crippen molar-refractivity contribution >= 4 is 11.5 Å². The summed E-state index contributed by atoms with van der Waals surface area (Å²) in [5.74, 6) is -1.01. The van der Waals surface area contributed by atoms with Crippen molar-refractivity contribution in [1.82, 2.24) is 0 Å². The first kappa shape index (κ1) is 10.9. The van der Waals surface area contributed by atoms with Crippen LogP contribution in [0.1, 0.15) is 31.7 Å². The minimum Gasteiger partial charge on any atom is -0.481 e. The third-order valence-electron chi connectivity index (χ3n) is 3.03. The third kappa shape index (κ3) is 2.01. The number of hydrogen-bond acceptors (Lipinski definition) is 1. The summed E-state index contributed by atoms with van der Waals surface area (Å²) >= 11 is 0. The third-order valence-corrected chi connectivity index (χ3v) is 3.03. The van der Waals surface area contributed by atoms with Crippen LogP contribution >= 0.6 is 0 Å². The van der Waals surface area contributed by atoms with E-state index in [4.69, 9.17) is 5.11 Å². The summed E-state index contributed by atoms with van der Waals surface area (Å²) in [5, 5.41) is 9.11. The molecular formula is C14H16O2. The fourth-order valence-electron chi connectivity index (χ4n) is 2.16. The summed E-state index contributed by atoms with van der Waals surface area (Å²) < 4.78 is 0. The van der Waals surface area contributed by atoms with Gasteiger partial charge in [-0.05, 0) is 29.6 Å². The summed E-state index contributed by atoms with van der Waals surface area (Å²) in [4.78, 5) is 11.1. The Bertz CT molecular complexity index is 418. The molecule has 0 heterocycles. The van der Waals surface area contributed by atoms with Gasteiger partial charge in [0.2, 0.25) is 0 Å². The van der Waals surface area contributed by atoms with E-state index in [1.807, 2.05) is 30.3 Å². The summed E-state index contributed by atoms with van der Waals surface area (Å²) in [7, 11) is 0. The highest BCUT2D eigenvalue weighted by Crippen LogP contribution is 2.49. The Hall–Kier alpha value is -1.57. The van der Waals surface area contributed by atoms with E-state index in [0.717, 1.165) is 36.0 Å². The summed E-state index contributed by atoms with van der Waals surface area (Å²) in [6.07, 6.45) is 3.12. The fourth-order valence-corrected chi connectivity index (χ4v) is 2.16. The zero-order valence-corrected chi connectivity index (χ0v) is 9.44. The second-order valence-electron chi connectivity index (χ2n) is 4.18. The molecule has 2 nitrogen and oxygen atoms in total. The molecule has 1 N–H and O–H groups in total. The Labute approximate surface area is 95.6 Å². The van der Waals surface area contributed by atoms with Crippen molar-refractivity contribution in [3.63, 3.8) is 0 Å². The van der Waals surface area contributed by atoms with Crippen LogP contribution in [0.15, 0.2) is 35.9 Å². The molecule has 2 heteroatoms. The highest BCUT2D eigenvalue weighted by atomic mass is 16.4. The van der Waals surface area contributed by atoms with Crippen LogP contribution in [0.25, 0.3) is 5.57 Å². The quantitative estimate of drug-likeness (QED) is 0.819. The van der Waals surface area contributed by atoms with Crippen LogP contribution in [0.3, 0.4) is 0 Å². The van der Waals surface area contributed by atoms with Crippen LogP contribution in [0.2, 0.25) is 0 Å². The Balaban J connectivity index is 2.18. The first-order valence-corrected chi connectivity index (χ1v) is 5.77. The lowest BCUT2D eigenvalue weighted by atomic mass is 10.1. The van der Waals surface area contributed by atoms with Crippen LogP contribution in [0.4, 0.5) is 0 Å². The average Bonchev–Trinajstić information content (AvgIpc) is 3.02. The molecule has 2 rings (SSSR count). The maximum atomic E-state index is 11.1. The summed E-state index contributed by atoms with van der Waals surface area (Å²) in [6, 6.07) is 9.84. The van der Waals surface area contributed by atoms with Gasteiger partial charge in [0.1, 0.15) is 5.92 Å². The van der Waals surface area contributed by atoms with Crippen molar-refractivity contribution < 1.29 is 9.90 Å². The predicted molar refractivity (Wildman–Crippen MR) is 64.0 cm³/mol. The van der Waals surface area contributed by atoms with Gasteiger partial charge >= 0.3 is 5.97 Å². The van der Waals surface area contributed by atoms with Crippen molar-refractivity contribution in [2.45, 2.75) is 26.2 Å². The second kappa shape index (κ2) is 4.52. The number of unbranched alkanes of at least 4 members (excludes halogenated alkanes) is 1. The van der Waals surface area contributed by atoms with E-state index >= 15 is 0 Å². The van der Waals surface area contributed by atoms with Crippen molar-refractivity contribution in [3.05, 3.63) is 41.5 Å². The molecule has 0 aromatic heterocycles. The number of carboxylic acids is 1. The van der Waals surface area contributed by atoms with E-state index < -0.39 is 5.97 Å². The van der Waals surface area contributed by atoms with Gasteiger partial charge in [-0.15, -0.1) is 0 Å². The standard InChI is InChI=1S/C14H16O2/c1-2-3-9-11-12(13(11)14(15)16)10-7-5-4-6-8-10/h4-8,13H,2-3,9H2,1H3,(H,15,16). The maximum Gasteiger partial charge on any atom is 0.315 e. The second-order valence-corrected chi connectivity index (χ2v) is 4.18. The minimum absolute atomic E-state index is 0.311. The minimum atomic E-state index is -0.704. The predicted octanol–water partition coefficient (Wildman–Crippen LogP) is 3.34. The number of carboxylic acid groups (broad SMARTS) is 1. The lowest BCUT2D eigenvalue weighted by Gasteiger charge is -1.94. The fraction of sp³-hybridized carbons (Fsp3) is 0.357. The number of hydrogen-bond donors (Lipinski definition) is 1. The molecule has 1 aromatic carbocycles. The lowest BCUT2D eigenvalue weighted by molar-refractivity contribution is -0.137. The van der Waals surface area contributed by atoms with Crippen molar-refractivity contribution in [1.29, 1.82) is 0 Å². The first-order chi connectivity index (χ1) is 7.75. The monoisotopic (exact) mass is 216 g/mol.